The van der Waals surface area contributed by atoms with E-state index in [1.165, 1.54) is 0 Å². The third kappa shape index (κ3) is 5.82. The van der Waals surface area contributed by atoms with Gasteiger partial charge in [0, 0.05) is 43.2 Å². The maximum Gasteiger partial charge on any atom is 0.231 e. The monoisotopic (exact) mass is 424 g/mol. The molecule has 2 N–H and O–H groups in total. The Labute approximate surface area is 177 Å². The Morgan fingerprint density at radius 2 is 1.75 bits per heavy atom. The highest BCUT2D eigenvalue weighted by molar-refractivity contribution is 7.80. The molecule has 8 heteroatoms. The highest BCUT2D eigenvalue weighted by Crippen LogP contribution is 2.30. The molecule has 0 spiro atoms. The Bertz CT molecular complexity index is 753. The summed E-state index contributed by atoms with van der Waals surface area (Å²) in [4.78, 5) is 28.2. The molecule has 2 rings (SSSR count). The smallest absolute Gasteiger partial charge is 0.231 e. The fourth-order valence-corrected chi connectivity index (χ4v) is 3.34. The molecule has 1 fully saturated rings. The standard InChI is InChI=1S/C20H29ClN4O2S/c1-13(2)17(26)25-10-8-24(9-11-25)16-7-6-14(12-15(16)21)22-19(28)23-18(27)20(3,4)5/h6-7,12-13H,8-11H2,1-5H3,(H2,22,23,27,28). The molecule has 2 amide bonds. The van der Waals surface area contributed by atoms with Gasteiger partial charge in [-0.05, 0) is 30.4 Å². The fourth-order valence-electron chi connectivity index (χ4n) is 2.83. The van der Waals surface area contributed by atoms with Crippen molar-refractivity contribution in [2.75, 3.05) is 36.4 Å². The van der Waals surface area contributed by atoms with Crippen molar-refractivity contribution in [3.05, 3.63) is 23.2 Å². The molecular formula is C20H29ClN4O2S. The average Bonchev–Trinajstić information content (AvgIpc) is 2.60. The van der Waals surface area contributed by atoms with Crippen LogP contribution in [0.25, 0.3) is 0 Å². The van der Waals surface area contributed by atoms with Crippen LogP contribution in [0.4, 0.5) is 11.4 Å². The van der Waals surface area contributed by atoms with E-state index in [0.717, 1.165) is 18.8 Å². The number of nitrogens with zero attached hydrogens (tertiary/aromatic N) is 2. The number of anilines is 2. The number of rotatable bonds is 3. The lowest BCUT2D eigenvalue weighted by Gasteiger charge is -2.37. The van der Waals surface area contributed by atoms with Crippen molar-refractivity contribution in [2.24, 2.45) is 11.3 Å². The number of hydrogen-bond acceptors (Lipinski definition) is 4. The van der Waals surface area contributed by atoms with Gasteiger partial charge in [-0.2, -0.15) is 0 Å². The van der Waals surface area contributed by atoms with Gasteiger partial charge in [0.25, 0.3) is 0 Å². The van der Waals surface area contributed by atoms with Gasteiger partial charge in [-0.25, -0.2) is 0 Å². The number of nitrogens with one attached hydrogen (secondary N) is 2. The predicted octanol–water partition coefficient (Wildman–Crippen LogP) is 3.50. The number of piperazine rings is 1. The van der Waals surface area contributed by atoms with Crippen molar-refractivity contribution in [1.29, 1.82) is 0 Å². The van der Waals surface area contributed by atoms with Crippen LogP contribution in [0, 0.1) is 11.3 Å². The van der Waals surface area contributed by atoms with E-state index in [-0.39, 0.29) is 22.8 Å². The summed E-state index contributed by atoms with van der Waals surface area (Å²) in [5.41, 5.74) is 1.11. The third-order valence-electron chi connectivity index (χ3n) is 4.54. The second-order valence-electron chi connectivity index (χ2n) is 8.29. The fraction of sp³-hybridized carbons (Fsp3) is 0.550. The summed E-state index contributed by atoms with van der Waals surface area (Å²) in [6.45, 7) is 12.2. The van der Waals surface area contributed by atoms with Crippen molar-refractivity contribution in [3.8, 4) is 0 Å². The molecule has 0 aromatic heterocycles. The Hall–Kier alpha value is -1.86. The summed E-state index contributed by atoms with van der Waals surface area (Å²) < 4.78 is 0. The van der Waals surface area contributed by atoms with E-state index in [9.17, 15) is 9.59 Å². The number of thiocarbonyl (C=S) groups is 1. The molecular weight excluding hydrogens is 396 g/mol. The van der Waals surface area contributed by atoms with Gasteiger partial charge in [0.1, 0.15) is 0 Å². The van der Waals surface area contributed by atoms with Crippen molar-refractivity contribution < 1.29 is 9.59 Å². The van der Waals surface area contributed by atoms with Crippen LogP contribution in [-0.2, 0) is 9.59 Å². The molecule has 154 valence electrons. The minimum absolute atomic E-state index is 0.0168. The first-order valence-electron chi connectivity index (χ1n) is 9.44. The highest BCUT2D eigenvalue weighted by Gasteiger charge is 2.24. The SMILES string of the molecule is CC(C)C(=O)N1CCN(c2ccc(NC(=S)NC(=O)C(C)(C)C)cc2Cl)CC1. The van der Waals surface area contributed by atoms with Crippen LogP contribution in [0.5, 0.6) is 0 Å². The lowest BCUT2D eigenvalue weighted by atomic mass is 9.96. The first-order valence-corrected chi connectivity index (χ1v) is 10.2. The van der Waals surface area contributed by atoms with E-state index in [4.69, 9.17) is 23.8 Å². The normalized spacial score (nSPS) is 14.8. The molecule has 0 aliphatic carbocycles. The van der Waals surface area contributed by atoms with Gasteiger partial charge in [0.05, 0.1) is 10.7 Å². The number of benzene rings is 1. The van der Waals surface area contributed by atoms with Gasteiger partial charge in [0.15, 0.2) is 5.11 Å². The molecule has 0 atom stereocenters. The van der Waals surface area contributed by atoms with E-state index >= 15 is 0 Å². The van der Waals surface area contributed by atoms with Gasteiger partial charge in [-0.1, -0.05) is 46.2 Å². The Morgan fingerprint density at radius 3 is 2.25 bits per heavy atom. The van der Waals surface area contributed by atoms with E-state index < -0.39 is 5.41 Å². The minimum atomic E-state index is -0.521. The molecule has 1 aromatic carbocycles. The Balaban J connectivity index is 1.97. The molecule has 0 radical (unpaired) electrons. The van der Waals surface area contributed by atoms with Gasteiger partial charge >= 0.3 is 0 Å². The van der Waals surface area contributed by atoms with Gasteiger partial charge < -0.3 is 20.4 Å². The quantitative estimate of drug-likeness (QED) is 0.727. The van der Waals surface area contributed by atoms with Crippen LogP contribution in [-0.4, -0.2) is 48.0 Å². The summed E-state index contributed by atoms with van der Waals surface area (Å²) in [6.07, 6.45) is 0. The summed E-state index contributed by atoms with van der Waals surface area (Å²) >= 11 is 11.7. The molecule has 0 saturated carbocycles. The second kappa shape index (κ2) is 9.09. The van der Waals surface area contributed by atoms with E-state index in [2.05, 4.69) is 15.5 Å². The lowest BCUT2D eigenvalue weighted by Crippen LogP contribution is -2.50. The molecule has 1 aliphatic rings. The number of carbonyl (C=O) groups is 2. The van der Waals surface area contributed by atoms with Gasteiger partial charge in [0.2, 0.25) is 11.8 Å². The first-order chi connectivity index (χ1) is 13.0. The van der Waals surface area contributed by atoms with Crippen LogP contribution in [0.3, 0.4) is 0 Å². The number of hydrogen-bond donors (Lipinski definition) is 2. The van der Waals surface area contributed by atoms with Gasteiger partial charge in [-0.15, -0.1) is 0 Å². The molecule has 1 aromatic rings. The van der Waals surface area contributed by atoms with Crippen LogP contribution in [0.15, 0.2) is 18.2 Å². The van der Waals surface area contributed by atoms with Crippen molar-refractivity contribution in [2.45, 2.75) is 34.6 Å². The van der Waals surface area contributed by atoms with Crippen molar-refractivity contribution in [1.82, 2.24) is 10.2 Å². The summed E-state index contributed by atoms with van der Waals surface area (Å²) in [7, 11) is 0. The first kappa shape index (κ1) is 22.4. The topological polar surface area (TPSA) is 64.7 Å². The van der Waals surface area contributed by atoms with Gasteiger partial charge in [-0.3, -0.25) is 9.59 Å². The van der Waals surface area contributed by atoms with Crippen molar-refractivity contribution >= 4 is 52.1 Å². The summed E-state index contributed by atoms with van der Waals surface area (Å²) in [6, 6.07) is 5.60. The zero-order chi connectivity index (χ0) is 21.1. The van der Waals surface area contributed by atoms with E-state index in [0.29, 0.717) is 23.8 Å². The van der Waals surface area contributed by atoms with Crippen LogP contribution in [0.2, 0.25) is 5.02 Å². The van der Waals surface area contributed by atoms with E-state index in [1.807, 2.05) is 51.7 Å². The molecule has 28 heavy (non-hydrogen) atoms. The van der Waals surface area contributed by atoms with Crippen molar-refractivity contribution in [3.63, 3.8) is 0 Å². The summed E-state index contributed by atoms with van der Waals surface area (Å²) in [5, 5.41) is 6.51. The van der Waals surface area contributed by atoms with Crippen LogP contribution in [0.1, 0.15) is 34.6 Å². The Kier molecular flexibility index (Phi) is 7.28. The Morgan fingerprint density at radius 1 is 1.14 bits per heavy atom. The molecule has 1 saturated heterocycles. The molecule has 1 heterocycles. The number of halogens is 1. The zero-order valence-corrected chi connectivity index (χ0v) is 18.7. The van der Waals surface area contributed by atoms with Crippen LogP contribution < -0.4 is 15.5 Å². The zero-order valence-electron chi connectivity index (χ0n) is 17.1. The molecule has 1 aliphatic heterocycles. The molecule has 0 bridgehead atoms. The minimum Gasteiger partial charge on any atom is -0.367 e. The second-order valence-corrected chi connectivity index (χ2v) is 9.11. The summed E-state index contributed by atoms with van der Waals surface area (Å²) in [5.74, 6) is 0.0563. The third-order valence-corrected chi connectivity index (χ3v) is 5.05. The maximum absolute atomic E-state index is 12.1. The average molecular weight is 425 g/mol. The maximum atomic E-state index is 12.1. The molecule has 0 unspecified atom stereocenters. The lowest BCUT2D eigenvalue weighted by molar-refractivity contribution is -0.134. The predicted molar refractivity (Wildman–Crippen MR) is 119 cm³/mol. The van der Waals surface area contributed by atoms with E-state index in [1.54, 1.807) is 6.07 Å². The van der Waals surface area contributed by atoms with Crippen LogP contribution >= 0.6 is 23.8 Å². The largest absolute Gasteiger partial charge is 0.367 e. The molecule has 6 nitrogen and oxygen atoms in total. The number of amides is 2. The highest BCUT2D eigenvalue weighted by atomic mass is 35.5. The number of carbonyl (C=O) groups excluding carboxylic acids is 2.